The van der Waals surface area contributed by atoms with E-state index in [0.29, 0.717) is 25.5 Å². The number of likely N-dealkylation sites (tertiary alicyclic amines) is 1. The van der Waals surface area contributed by atoms with Crippen molar-refractivity contribution < 1.29 is 13.9 Å². The van der Waals surface area contributed by atoms with Gasteiger partial charge in [0.2, 0.25) is 0 Å². The molecule has 2 aromatic rings. The Labute approximate surface area is 177 Å². The predicted molar refractivity (Wildman–Crippen MR) is 116 cm³/mol. The highest BCUT2D eigenvalue weighted by atomic mass is 19.1. The van der Waals surface area contributed by atoms with E-state index in [1.807, 2.05) is 0 Å². The summed E-state index contributed by atoms with van der Waals surface area (Å²) in [6.07, 6.45) is 2.91. The number of nitrogens with one attached hydrogen (secondary N) is 1. The third kappa shape index (κ3) is 5.11. The molecule has 0 aliphatic carbocycles. The third-order valence-corrected chi connectivity index (χ3v) is 5.68. The molecule has 4 rings (SSSR count). The second kappa shape index (κ2) is 9.94. The third-order valence-electron chi connectivity index (χ3n) is 5.68. The fourth-order valence-electron chi connectivity index (χ4n) is 4.29. The Balaban J connectivity index is 1.38. The smallest absolute Gasteiger partial charge is 0.193 e. The van der Waals surface area contributed by atoms with Gasteiger partial charge in [0.05, 0.1) is 6.61 Å². The van der Waals surface area contributed by atoms with Crippen LogP contribution in [0.15, 0.2) is 47.5 Å². The predicted octanol–water partition coefficient (Wildman–Crippen LogP) is 3.76. The topological polar surface area (TPSA) is 46.1 Å². The molecule has 0 aromatic heterocycles. The van der Waals surface area contributed by atoms with Gasteiger partial charge in [-0.1, -0.05) is 30.3 Å². The molecular weight excluding hydrogens is 381 g/mol. The van der Waals surface area contributed by atoms with E-state index in [-0.39, 0.29) is 12.6 Å². The van der Waals surface area contributed by atoms with Crippen molar-refractivity contribution >= 4 is 5.96 Å². The minimum atomic E-state index is -0.253. The second-order valence-corrected chi connectivity index (χ2v) is 7.94. The zero-order chi connectivity index (χ0) is 20.8. The number of halogens is 1. The Bertz CT molecular complexity index is 872. The number of guanidine groups is 1. The Hall–Kier alpha value is -2.60. The molecule has 0 saturated carbocycles. The fraction of sp³-hybridized carbons (Fsp3) is 0.458. The van der Waals surface area contributed by atoms with E-state index in [1.54, 1.807) is 6.07 Å². The van der Waals surface area contributed by atoms with Crippen LogP contribution in [0, 0.1) is 11.7 Å². The molecule has 1 fully saturated rings. The SMILES string of the molecule is CCNC(=NCCc1cc(F)cc2c1OCOC2)N1CCC(Cc2ccccc2)C1. The van der Waals surface area contributed by atoms with E-state index in [0.717, 1.165) is 48.9 Å². The molecule has 2 aliphatic rings. The second-order valence-electron chi connectivity index (χ2n) is 7.94. The van der Waals surface area contributed by atoms with Crippen molar-refractivity contribution in [3.63, 3.8) is 0 Å². The molecule has 0 bridgehead atoms. The first-order valence-corrected chi connectivity index (χ1v) is 10.8. The summed E-state index contributed by atoms with van der Waals surface area (Å²) in [6.45, 7) is 6.13. The van der Waals surface area contributed by atoms with Gasteiger partial charge in [-0.2, -0.15) is 0 Å². The van der Waals surface area contributed by atoms with Crippen LogP contribution in [0.2, 0.25) is 0 Å². The van der Waals surface area contributed by atoms with E-state index in [2.05, 4.69) is 47.5 Å². The van der Waals surface area contributed by atoms with E-state index >= 15 is 0 Å². The maximum Gasteiger partial charge on any atom is 0.193 e. The summed E-state index contributed by atoms with van der Waals surface area (Å²) in [5.74, 6) is 2.09. The molecule has 2 heterocycles. The van der Waals surface area contributed by atoms with E-state index in [4.69, 9.17) is 14.5 Å². The molecule has 30 heavy (non-hydrogen) atoms. The Morgan fingerprint density at radius 1 is 1.27 bits per heavy atom. The molecule has 0 radical (unpaired) electrons. The van der Waals surface area contributed by atoms with Crippen LogP contribution in [0.25, 0.3) is 0 Å². The van der Waals surface area contributed by atoms with Gasteiger partial charge >= 0.3 is 0 Å². The standard InChI is InChI=1S/C24H30FN3O2/c1-2-26-24(28-11-9-19(15-28)12-18-6-4-3-5-7-18)27-10-8-20-13-22(25)14-21-16-29-17-30-23(20)21/h3-7,13-14,19H,2,8-12,15-17H2,1H3,(H,26,27). The summed E-state index contributed by atoms with van der Waals surface area (Å²) in [5, 5.41) is 3.42. The van der Waals surface area contributed by atoms with Gasteiger partial charge < -0.3 is 19.7 Å². The van der Waals surface area contributed by atoms with E-state index in [9.17, 15) is 4.39 Å². The first-order chi connectivity index (χ1) is 14.7. The van der Waals surface area contributed by atoms with Crippen molar-refractivity contribution in [2.75, 3.05) is 33.0 Å². The van der Waals surface area contributed by atoms with Crippen molar-refractivity contribution in [1.29, 1.82) is 0 Å². The molecule has 1 atom stereocenters. The number of nitrogens with zero attached hydrogens (tertiary/aromatic N) is 2. The van der Waals surface area contributed by atoms with Crippen molar-refractivity contribution in [3.05, 3.63) is 65.0 Å². The molecule has 2 aromatic carbocycles. The van der Waals surface area contributed by atoms with Crippen LogP contribution in [0.4, 0.5) is 4.39 Å². The zero-order valence-corrected chi connectivity index (χ0v) is 17.6. The highest BCUT2D eigenvalue weighted by Gasteiger charge is 2.25. The average Bonchev–Trinajstić information content (AvgIpc) is 3.22. The monoisotopic (exact) mass is 411 g/mol. The molecule has 0 spiro atoms. The Morgan fingerprint density at radius 2 is 2.13 bits per heavy atom. The number of ether oxygens (including phenoxy) is 2. The minimum Gasteiger partial charge on any atom is -0.467 e. The first-order valence-electron chi connectivity index (χ1n) is 10.8. The highest BCUT2D eigenvalue weighted by molar-refractivity contribution is 5.80. The van der Waals surface area contributed by atoms with Crippen molar-refractivity contribution in [2.24, 2.45) is 10.9 Å². The van der Waals surface area contributed by atoms with Gasteiger partial charge in [-0.25, -0.2) is 4.39 Å². The highest BCUT2D eigenvalue weighted by Crippen LogP contribution is 2.30. The van der Waals surface area contributed by atoms with Gasteiger partial charge in [0.1, 0.15) is 11.6 Å². The van der Waals surface area contributed by atoms with Gasteiger partial charge in [0, 0.05) is 31.7 Å². The maximum absolute atomic E-state index is 14.0. The number of fused-ring (bicyclic) bond motifs is 1. The van der Waals surface area contributed by atoms with Crippen LogP contribution >= 0.6 is 0 Å². The molecule has 2 aliphatic heterocycles. The van der Waals surface area contributed by atoms with Gasteiger partial charge in [-0.3, -0.25) is 4.99 Å². The van der Waals surface area contributed by atoms with Crippen LogP contribution in [0.3, 0.4) is 0 Å². The lowest BCUT2D eigenvalue weighted by molar-refractivity contribution is -0.0172. The summed E-state index contributed by atoms with van der Waals surface area (Å²) in [7, 11) is 0. The molecule has 0 amide bonds. The van der Waals surface area contributed by atoms with Crippen LogP contribution in [0.5, 0.6) is 5.75 Å². The Morgan fingerprint density at radius 3 is 2.97 bits per heavy atom. The quantitative estimate of drug-likeness (QED) is 0.581. The molecule has 5 nitrogen and oxygen atoms in total. The van der Waals surface area contributed by atoms with Crippen LogP contribution in [-0.4, -0.2) is 43.8 Å². The van der Waals surface area contributed by atoms with Crippen LogP contribution in [-0.2, 0) is 24.2 Å². The largest absolute Gasteiger partial charge is 0.467 e. The fourth-order valence-corrected chi connectivity index (χ4v) is 4.29. The van der Waals surface area contributed by atoms with Crippen molar-refractivity contribution in [2.45, 2.75) is 32.8 Å². The number of benzene rings is 2. The number of hydrogen-bond acceptors (Lipinski definition) is 3. The number of aliphatic imine (C=N–C) groups is 1. The number of rotatable bonds is 6. The van der Waals surface area contributed by atoms with Gasteiger partial charge in [-0.05, 0) is 55.4 Å². The van der Waals surface area contributed by atoms with Crippen LogP contribution < -0.4 is 10.1 Å². The zero-order valence-electron chi connectivity index (χ0n) is 17.6. The summed E-state index contributed by atoms with van der Waals surface area (Å²) in [6, 6.07) is 13.7. The molecule has 160 valence electrons. The minimum absolute atomic E-state index is 0.216. The average molecular weight is 412 g/mol. The first kappa shape index (κ1) is 20.7. The van der Waals surface area contributed by atoms with Crippen LogP contribution in [0.1, 0.15) is 30.0 Å². The summed E-state index contributed by atoms with van der Waals surface area (Å²) < 4.78 is 24.9. The normalized spacial score (nSPS) is 18.8. The Kier molecular flexibility index (Phi) is 6.84. The summed E-state index contributed by atoms with van der Waals surface area (Å²) in [5.41, 5.74) is 3.03. The lowest BCUT2D eigenvalue weighted by atomic mass is 9.99. The lowest BCUT2D eigenvalue weighted by Gasteiger charge is -2.22. The maximum atomic E-state index is 14.0. The summed E-state index contributed by atoms with van der Waals surface area (Å²) >= 11 is 0. The van der Waals surface area contributed by atoms with E-state index in [1.165, 1.54) is 18.1 Å². The van der Waals surface area contributed by atoms with Gasteiger partial charge in [0.15, 0.2) is 12.8 Å². The van der Waals surface area contributed by atoms with Crippen molar-refractivity contribution in [1.82, 2.24) is 10.2 Å². The molecule has 6 heteroatoms. The lowest BCUT2D eigenvalue weighted by Crippen LogP contribution is -2.40. The van der Waals surface area contributed by atoms with E-state index < -0.39 is 0 Å². The van der Waals surface area contributed by atoms with Crippen molar-refractivity contribution in [3.8, 4) is 5.75 Å². The molecule has 1 saturated heterocycles. The molecular formula is C24H30FN3O2. The molecule has 1 N–H and O–H groups in total. The van der Waals surface area contributed by atoms with Gasteiger partial charge in [0.25, 0.3) is 0 Å². The molecule has 1 unspecified atom stereocenters. The van der Waals surface area contributed by atoms with Gasteiger partial charge in [-0.15, -0.1) is 0 Å². The number of hydrogen-bond donors (Lipinski definition) is 1. The summed E-state index contributed by atoms with van der Waals surface area (Å²) in [4.78, 5) is 7.18.